The van der Waals surface area contributed by atoms with Gasteiger partial charge in [0.2, 0.25) is 11.8 Å². The van der Waals surface area contributed by atoms with Gasteiger partial charge in [0.15, 0.2) is 11.7 Å². The van der Waals surface area contributed by atoms with E-state index in [1.165, 1.54) is 0 Å². The molecular weight excluding hydrogens is 694 g/mol. The minimum Gasteiger partial charge on any atom is -0.475 e. The van der Waals surface area contributed by atoms with Gasteiger partial charge in [-0.2, -0.15) is 26.3 Å². The van der Waals surface area contributed by atoms with E-state index >= 15 is 0 Å². The van der Waals surface area contributed by atoms with Crippen molar-refractivity contribution in [2.75, 3.05) is 12.4 Å². The van der Waals surface area contributed by atoms with E-state index in [-0.39, 0.29) is 24.0 Å². The topological polar surface area (TPSA) is 240 Å². The van der Waals surface area contributed by atoms with Gasteiger partial charge in [-0.3, -0.25) is 19.4 Å². The normalized spacial score (nSPS) is 12.7. The van der Waals surface area contributed by atoms with Crippen molar-refractivity contribution in [3.63, 3.8) is 0 Å². The van der Waals surface area contributed by atoms with Gasteiger partial charge in [0.1, 0.15) is 6.04 Å². The molecule has 3 atom stereocenters. The minimum atomic E-state index is -5.08. The van der Waals surface area contributed by atoms with Gasteiger partial charge in [-0.1, -0.05) is 60.7 Å². The van der Waals surface area contributed by atoms with Crippen molar-refractivity contribution >= 4 is 47.1 Å². The lowest BCUT2D eigenvalue weighted by molar-refractivity contribution is -0.193. The van der Waals surface area contributed by atoms with Crippen LogP contribution in [-0.4, -0.2) is 88.6 Å². The standard InChI is InChI=1S/C25H33ClN6O3.2C2HF3O2/c26-16-22(33)20(12-7-13-30-25(28)29)31-24(35)21(15-18-10-5-2-6-11-18)32-23(34)19(27)14-17-8-3-1-4-9-17;2*3-2(4,5)1(6)7/h1-6,8-11,19-21H,7,12-16,27H2,(H,31,35)(H,32,34)(H4,28,29,30);2*(H,6,7)/t19-,20+,21+;;/m1../s1. The number of ketones is 1. The molecule has 10 N–H and O–H groups in total. The average Bonchev–Trinajstić information content (AvgIpc) is 3.02. The zero-order valence-corrected chi connectivity index (χ0v) is 26.3. The number of aliphatic carboxylic acids is 2. The molecule has 20 heteroatoms. The summed E-state index contributed by atoms with van der Waals surface area (Å²) in [5, 5.41) is 19.7. The summed E-state index contributed by atoms with van der Waals surface area (Å²) in [6.07, 6.45) is -8.85. The number of rotatable bonds is 14. The van der Waals surface area contributed by atoms with Crippen molar-refractivity contribution in [1.29, 1.82) is 0 Å². The third-order valence-corrected chi connectivity index (χ3v) is 6.08. The fourth-order valence-electron chi connectivity index (χ4n) is 3.48. The predicted molar refractivity (Wildman–Crippen MR) is 165 cm³/mol. The Hall–Kier alpha value is -4.91. The van der Waals surface area contributed by atoms with Gasteiger partial charge in [0.05, 0.1) is 18.0 Å². The zero-order valence-electron chi connectivity index (χ0n) is 25.5. The van der Waals surface area contributed by atoms with Crippen LogP contribution in [0.1, 0.15) is 24.0 Å². The molecule has 49 heavy (non-hydrogen) atoms. The first-order chi connectivity index (χ1) is 22.7. The van der Waals surface area contributed by atoms with E-state index in [0.717, 1.165) is 11.1 Å². The number of aliphatic imine (C=N–C) groups is 1. The molecule has 0 saturated heterocycles. The number of carbonyl (C=O) groups is 5. The minimum absolute atomic E-state index is 0.0493. The Morgan fingerprint density at radius 3 is 1.53 bits per heavy atom. The number of Topliss-reactive ketones (excluding diaryl/α,β-unsaturated/α-hetero) is 1. The number of carbonyl (C=O) groups excluding carboxylic acids is 3. The number of hydrogen-bond donors (Lipinski definition) is 7. The van der Waals surface area contributed by atoms with Gasteiger partial charge in [0.25, 0.3) is 0 Å². The average molecular weight is 729 g/mol. The Labute approximate surface area is 280 Å². The summed E-state index contributed by atoms with van der Waals surface area (Å²) >= 11 is 5.75. The van der Waals surface area contributed by atoms with E-state index in [2.05, 4.69) is 15.6 Å². The lowest BCUT2D eigenvalue weighted by Crippen LogP contribution is -2.55. The molecule has 0 aliphatic heterocycles. The quantitative estimate of drug-likeness (QED) is 0.0490. The van der Waals surface area contributed by atoms with Crippen LogP contribution >= 0.6 is 11.6 Å². The third kappa shape index (κ3) is 20.1. The summed E-state index contributed by atoms with van der Waals surface area (Å²) in [7, 11) is 0. The Bertz CT molecular complexity index is 1360. The summed E-state index contributed by atoms with van der Waals surface area (Å²) in [6.45, 7) is 0.308. The number of carboxylic acids is 2. The van der Waals surface area contributed by atoms with Crippen molar-refractivity contribution in [3.8, 4) is 0 Å². The Morgan fingerprint density at radius 2 is 1.14 bits per heavy atom. The number of nitrogens with two attached hydrogens (primary N) is 3. The summed E-state index contributed by atoms with van der Waals surface area (Å²) in [6, 6.07) is 16.0. The van der Waals surface area contributed by atoms with Crippen LogP contribution < -0.4 is 27.8 Å². The highest BCUT2D eigenvalue weighted by Gasteiger charge is 2.39. The van der Waals surface area contributed by atoms with E-state index in [1.54, 1.807) is 0 Å². The fraction of sp³-hybridized carbons (Fsp3) is 0.379. The van der Waals surface area contributed by atoms with Crippen molar-refractivity contribution in [2.45, 2.75) is 56.2 Å². The number of carboxylic acid groups (broad SMARTS) is 2. The van der Waals surface area contributed by atoms with Crippen LogP contribution in [0.15, 0.2) is 65.7 Å². The molecule has 272 valence electrons. The van der Waals surface area contributed by atoms with Crippen LogP contribution in [0.25, 0.3) is 0 Å². The number of hydrogen-bond acceptors (Lipinski definition) is 7. The maximum absolute atomic E-state index is 13.2. The smallest absolute Gasteiger partial charge is 0.475 e. The molecule has 0 saturated carbocycles. The highest BCUT2D eigenvalue weighted by atomic mass is 35.5. The molecule has 0 heterocycles. The maximum Gasteiger partial charge on any atom is 0.490 e. The van der Waals surface area contributed by atoms with Gasteiger partial charge in [-0.05, 0) is 30.4 Å². The lowest BCUT2D eigenvalue weighted by Gasteiger charge is -2.24. The molecule has 0 aromatic heterocycles. The van der Waals surface area contributed by atoms with Crippen molar-refractivity contribution < 1.29 is 60.5 Å². The second kappa shape index (κ2) is 21.9. The molecule has 0 spiro atoms. The predicted octanol–water partition coefficient (Wildman–Crippen LogP) is 1.90. The highest BCUT2D eigenvalue weighted by molar-refractivity contribution is 6.28. The SMILES string of the molecule is NC(N)=NCCC[C@H](NC(=O)[C@H](Cc1ccccc1)NC(=O)[C@H](N)Cc1ccccc1)C(=O)CCl.O=C(O)C(F)(F)F.O=C(O)C(F)(F)F. The van der Waals surface area contributed by atoms with E-state index in [0.29, 0.717) is 25.8 Å². The van der Waals surface area contributed by atoms with Crippen LogP contribution in [0.5, 0.6) is 0 Å². The second-order valence-electron chi connectivity index (χ2n) is 9.76. The molecule has 0 bridgehead atoms. The van der Waals surface area contributed by atoms with Crippen LogP contribution in [0, 0.1) is 0 Å². The summed E-state index contributed by atoms with van der Waals surface area (Å²) < 4.78 is 63.5. The molecule has 0 radical (unpaired) electrons. The van der Waals surface area contributed by atoms with Crippen molar-refractivity contribution in [1.82, 2.24) is 10.6 Å². The second-order valence-corrected chi connectivity index (χ2v) is 10.0. The fourth-order valence-corrected chi connectivity index (χ4v) is 3.67. The highest BCUT2D eigenvalue weighted by Crippen LogP contribution is 2.14. The molecule has 0 aliphatic rings. The lowest BCUT2D eigenvalue weighted by atomic mass is 10.0. The maximum atomic E-state index is 13.2. The third-order valence-electron chi connectivity index (χ3n) is 5.82. The monoisotopic (exact) mass is 728 g/mol. The molecule has 0 aliphatic carbocycles. The Balaban J connectivity index is 0.00000137. The summed E-state index contributed by atoms with van der Waals surface area (Å²) in [5.74, 6) is -7.12. The first kappa shape index (κ1) is 44.1. The number of nitrogens with one attached hydrogen (secondary N) is 2. The molecule has 2 aromatic rings. The summed E-state index contributed by atoms with van der Waals surface area (Å²) in [5.41, 5.74) is 18.5. The van der Waals surface area contributed by atoms with E-state index in [4.69, 9.17) is 48.6 Å². The van der Waals surface area contributed by atoms with E-state index < -0.39 is 54.2 Å². The van der Waals surface area contributed by atoms with Gasteiger partial charge < -0.3 is 38.0 Å². The Kier molecular flexibility index (Phi) is 19.7. The van der Waals surface area contributed by atoms with E-state index in [1.807, 2.05) is 60.7 Å². The number of guanidine groups is 1. The van der Waals surface area contributed by atoms with Crippen LogP contribution in [0.2, 0.25) is 0 Å². The van der Waals surface area contributed by atoms with Crippen molar-refractivity contribution in [3.05, 3.63) is 71.8 Å². The molecule has 0 fully saturated rings. The number of benzene rings is 2. The molecule has 2 amide bonds. The molecule has 13 nitrogen and oxygen atoms in total. The molecule has 2 aromatic carbocycles. The molecule has 0 unspecified atom stereocenters. The number of halogens is 7. The first-order valence-electron chi connectivity index (χ1n) is 13.9. The van der Waals surface area contributed by atoms with Crippen LogP contribution in [-0.2, 0) is 36.8 Å². The summed E-state index contributed by atoms with van der Waals surface area (Å²) in [4.78, 5) is 60.1. The molecule has 2 rings (SSSR count). The van der Waals surface area contributed by atoms with Crippen LogP contribution in [0.3, 0.4) is 0 Å². The van der Waals surface area contributed by atoms with Gasteiger partial charge in [0, 0.05) is 13.0 Å². The van der Waals surface area contributed by atoms with E-state index in [9.17, 15) is 40.7 Å². The van der Waals surface area contributed by atoms with Crippen molar-refractivity contribution in [2.24, 2.45) is 22.2 Å². The van der Waals surface area contributed by atoms with Crippen LogP contribution in [0.4, 0.5) is 26.3 Å². The number of amides is 2. The van der Waals surface area contributed by atoms with Gasteiger partial charge in [-0.25, -0.2) is 9.59 Å². The molecular formula is C29H35ClF6N6O7. The first-order valence-corrected chi connectivity index (χ1v) is 14.4. The number of alkyl halides is 7. The Morgan fingerprint density at radius 1 is 0.735 bits per heavy atom. The number of nitrogens with zero attached hydrogens (tertiary/aromatic N) is 1. The van der Waals surface area contributed by atoms with Gasteiger partial charge >= 0.3 is 24.3 Å². The largest absolute Gasteiger partial charge is 0.490 e. The zero-order chi connectivity index (χ0) is 37.8. The van der Waals surface area contributed by atoms with Gasteiger partial charge in [-0.15, -0.1) is 11.6 Å².